The van der Waals surface area contributed by atoms with E-state index in [-0.39, 0.29) is 0 Å². The predicted molar refractivity (Wildman–Crippen MR) is 44.7 cm³/mol. The summed E-state index contributed by atoms with van der Waals surface area (Å²) in [5.41, 5.74) is 8.70. The summed E-state index contributed by atoms with van der Waals surface area (Å²) in [5.74, 6) is 0. The fraction of sp³-hybridized carbons (Fsp3) is 0.250. The Labute approximate surface area is 66.0 Å². The van der Waals surface area contributed by atoms with Crippen molar-refractivity contribution in [3.63, 3.8) is 0 Å². The first-order chi connectivity index (χ1) is 5.13. The van der Waals surface area contributed by atoms with Crippen molar-refractivity contribution in [1.82, 2.24) is 9.97 Å². The number of nitrogens with two attached hydrogens (primary N) is 1. The molecule has 0 radical (unpaired) electrons. The molecule has 0 aliphatic heterocycles. The Hall–Kier alpha value is -1.38. The van der Waals surface area contributed by atoms with Crippen LogP contribution in [-0.4, -0.2) is 9.97 Å². The quantitative estimate of drug-likeness (QED) is 0.648. The molecule has 3 heteroatoms. The van der Waals surface area contributed by atoms with Gasteiger partial charge in [-0.2, -0.15) is 0 Å². The van der Waals surface area contributed by atoms with Crippen LogP contribution in [0.25, 0.3) is 5.70 Å². The molecule has 3 nitrogen and oxygen atoms in total. The van der Waals surface area contributed by atoms with Crippen LogP contribution in [-0.2, 0) is 0 Å². The second-order valence-electron chi connectivity index (χ2n) is 2.44. The molecule has 0 fully saturated rings. The number of rotatable bonds is 1. The van der Waals surface area contributed by atoms with E-state index < -0.39 is 0 Å². The van der Waals surface area contributed by atoms with Crippen LogP contribution in [0, 0.1) is 13.8 Å². The summed E-state index contributed by atoms with van der Waals surface area (Å²) in [6.45, 7) is 7.43. The molecule has 0 spiro atoms. The molecule has 1 rings (SSSR count). The van der Waals surface area contributed by atoms with Crippen LogP contribution in [0.15, 0.2) is 12.9 Å². The van der Waals surface area contributed by atoms with Crippen molar-refractivity contribution in [2.45, 2.75) is 13.8 Å². The lowest BCUT2D eigenvalue weighted by Crippen LogP contribution is -2.03. The molecule has 11 heavy (non-hydrogen) atoms. The van der Waals surface area contributed by atoms with Gasteiger partial charge in [-0.25, -0.2) is 9.97 Å². The first kappa shape index (κ1) is 7.72. The molecule has 0 bridgehead atoms. The molecule has 0 amide bonds. The molecular formula is C8H11N3. The summed E-state index contributed by atoms with van der Waals surface area (Å²) in [4.78, 5) is 8.02. The Morgan fingerprint density at radius 2 is 1.82 bits per heavy atom. The van der Waals surface area contributed by atoms with Gasteiger partial charge in [-0.3, -0.25) is 0 Å². The third-order valence-corrected chi connectivity index (χ3v) is 1.55. The van der Waals surface area contributed by atoms with Gasteiger partial charge in [0.15, 0.2) is 0 Å². The molecule has 0 unspecified atom stereocenters. The molecule has 2 N–H and O–H groups in total. The zero-order valence-electron chi connectivity index (χ0n) is 6.76. The van der Waals surface area contributed by atoms with E-state index in [0.29, 0.717) is 5.70 Å². The first-order valence-electron chi connectivity index (χ1n) is 3.36. The molecule has 1 aromatic heterocycles. The fourth-order valence-electron chi connectivity index (χ4n) is 1.06. The highest BCUT2D eigenvalue weighted by atomic mass is 14.8. The van der Waals surface area contributed by atoms with Crippen LogP contribution in [0.3, 0.4) is 0 Å². The van der Waals surface area contributed by atoms with Gasteiger partial charge in [-0.1, -0.05) is 6.58 Å². The van der Waals surface area contributed by atoms with Gasteiger partial charge < -0.3 is 5.73 Å². The van der Waals surface area contributed by atoms with Gasteiger partial charge in [-0.15, -0.1) is 0 Å². The van der Waals surface area contributed by atoms with E-state index in [0.717, 1.165) is 17.0 Å². The molecule has 58 valence electrons. The van der Waals surface area contributed by atoms with E-state index in [1.807, 2.05) is 13.8 Å². The molecule has 1 aromatic rings. The number of hydrogen-bond acceptors (Lipinski definition) is 3. The maximum atomic E-state index is 5.54. The third kappa shape index (κ3) is 1.37. The average Bonchev–Trinajstić information content (AvgIpc) is 1.85. The van der Waals surface area contributed by atoms with Crippen LogP contribution in [0.5, 0.6) is 0 Å². The lowest BCUT2D eigenvalue weighted by molar-refractivity contribution is 1.03. The SMILES string of the molecule is C=C(N)c1c(C)ncnc1C. The van der Waals surface area contributed by atoms with E-state index >= 15 is 0 Å². The third-order valence-electron chi connectivity index (χ3n) is 1.55. The number of nitrogens with zero attached hydrogens (tertiary/aromatic N) is 2. The van der Waals surface area contributed by atoms with Gasteiger partial charge in [0.25, 0.3) is 0 Å². The Kier molecular flexibility index (Phi) is 1.89. The van der Waals surface area contributed by atoms with Gasteiger partial charge in [-0.05, 0) is 13.8 Å². The molecule has 0 saturated heterocycles. The van der Waals surface area contributed by atoms with Crippen molar-refractivity contribution in [2.24, 2.45) is 5.73 Å². The summed E-state index contributed by atoms with van der Waals surface area (Å²) in [6.07, 6.45) is 1.52. The average molecular weight is 149 g/mol. The predicted octanol–water partition coefficient (Wildman–Crippen LogP) is 1.02. The highest BCUT2D eigenvalue weighted by Crippen LogP contribution is 2.12. The van der Waals surface area contributed by atoms with Crippen LogP contribution >= 0.6 is 0 Å². The zero-order chi connectivity index (χ0) is 8.43. The number of aromatic nitrogens is 2. The van der Waals surface area contributed by atoms with Gasteiger partial charge in [0.05, 0.1) is 11.4 Å². The van der Waals surface area contributed by atoms with Gasteiger partial charge in [0.2, 0.25) is 0 Å². The minimum Gasteiger partial charge on any atom is -0.399 e. The van der Waals surface area contributed by atoms with Crippen molar-refractivity contribution < 1.29 is 0 Å². The number of hydrogen-bond donors (Lipinski definition) is 1. The molecular weight excluding hydrogens is 138 g/mol. The topological polar surface area (TPSA) is 51.8 Å². The summed E-state index contributed by atoms with van der Waals surface area (Å²) in [6, 6.07) is 0. The fourth-order valence-corrected chi connectivity index (χ4v) is 1.06. The van der Waals surface area contributed by atoms with Crippen molar-refractivity contribution in [2.75, 3.05) is 0 Å². The second kappa shape index (κ2) is 2.70. The van der Waals surface area contributed by atoms with Crippen LogP contribution < -0.4 is 5.73 Å². The van der Waals surface area contributed by atoms with E-state index in [1.165, 1.54) is 6.33 Å². The number of aryl methyl sites for hydroxylation is 2. The highest BCUT2D eigenvalue weighted by molar-refractivity contribution is 5.63. The van der Waals surface area contributed by atoms with Crippen LogP contribution in [0.4, 0.5) is 0 Å². The maximum absolute atomic E-state index is 5.54. The molecule has 0 atom stereocenters. The second-order valence-corrected chi connectivity index (χ2v) is 2.44. The minimum atomic E-state index is 0.528. The summed E-state index contributed by atoms with van der Waals surface area (Å²) in [7, 11) is 0. The Morgan fingerprint density at radius 1 is 1.36 bits per heavy atom. The Bertz CT molecular complexity index is 271. The Morgan fingerprint density at radius 3 is 2.09 bits per heavy atom. The van der Waals surface area contributed by atoms with Gasteiger partial charge in [0, 0.05) is 11.3 Å². The standard InChI is InChI=1S/C8H11N3/c1-5(9)8-6(2)10-4-11-7(8)3/h4H,1,9H2,2-3H3. The molecule has 0 aliphatic rings. The van der Waals surface area contributed by atoms with E-state index in [4.69, 9.17) is 5.73 Å². The van der Waals surface area contributed by atoms with E-state index in [9.17, 15) is 0 Å². The Balaban J connectivity index is 3.32. The van der Waals surface area contributed by atoms with Gasteiger partial charge >= 0.3 is 0 Å². The van der Waals surface area contributed by atoms with Crippen LogP contribution in [0.1, 0.15) is 17.0 Å². The maximum Gasteiger partial charge on any atom is 0.115 e. The van der Waals surface area contributed by atoms with E-state index in [1.54, 1.807) is 0 Å². The van der Waals surface area contributed by atoms with Crippen molar-refractivity contribution in [3.8, 4) is 0 Å². The molecule has 1 heterocycles. The largest absolute Gasteiger partial charge is 0.399 e. The summed E-state index contributed by atoms with van der Waals surface area (Å²) >= 11 is 0. The molecule has 0 saturated carbocycles. The van der Waals surface area contributed by atoms with Crippen LogP contribution in [0.2, 0.25) is 0 Å². The zero-order valence-corrected chi connectivity index (χ0v) is 6.76. The normalized spacial score (nSPS) is 9.64. The molecule has 0 aromatic carbocycles. The first-order valence-corrected chi connectivity index (χ1v) is 3.36. The monoisotopic (exact) mass is 149 g/mol. The summed E-state index contributed by atoms with van der Waals surface area (Å²) < 4.78 is 0. The minimum absolute atomic E-state index is 0.528. The van der Waals surface area contributed by atoms with Crippen molar-refractivity contribution in [1.29, 1.82) is 0 Å². The van der Waals surface area contributed by atoms with E-state index in [2.05, 4.69) is 16.5 Å². The smallest absolute Gasteiger partial charge is 0.115 e. The lowest BCUT2D eigenvalue weighted by Gasteiger charge is -2.05. The van der Waals surface area contributed by atoms with Crippen molar-refractivity contribution in [3.05, 3.63) is 29.9 Å². The summed E-state index contributed by atoms with van der Waals surface area (Å²) in [5, 5.41) is 0. The highest BCUT2D eigenvalue weighted by Gasteiger charge is 2.04. The van der Waals surface area contributed by atoms with Gasteiger partial charge in [0.1, 0.15) is 6.33 Å². The lowest BCUT2D eigenvalue weighted by atomic mass is 10.1. The van der Waals surface area contributed by atoms with Crippen molar-refractivity contribution >= 4 is 5.70 Å². The molecule has 0 aliphatic carbocycles.